The zero-order valence-electron chi connectivity index (χ0n) is 35.7. The lowest BCUT2D eigenvalue weighted by Gasteiger charge is -2.45. The fourth-order valence-corrected chi connectivity index (χ4v) is 10.7. The number of benzene rings is 11. The third-order valence-electron chi connectivity index (χ3n) is 13.7. The van der Waals surface area contributed by atoms with Crippen LogP contribution in [0.15, 0.2) is 218 Å². The van der Waals surface area contributed by atoms with Crippen LogP contribution in [0.1, 0.15) is 11.1 Å². The van der Waals surface area contributed by atoms with Gasteiger partial charge in [0.25, 0.3) is 6.71 Å². The van der Waals surface area contributed by atoms with Crippen molar-refractivity contribution >= 4 is 117 Å². The fraction of sp³-hybridized carbons (Fsp3) is 0.0333. The summed E-state index contributed by atoms with van der Waals surface area (Å²) in [4.78, 5) is 7.61. The Bertz CT molecular complexity index is 3470. The smallest absolute Gasteiger partial charge is 0.252 e. The summed E-state index contributed by atoms with van der Waals surface area (Å²) in [7, 11) is 0. The third kappa shape index (κ3) is 5.62. The van der Waals surface area contributed by atoms with Gasteiger partial charge in [0.05, 0.1) is 5.69 Å². The molecular weight excluding hydrogens is 773 g/mol. The third-order valence-corrected chi connectivity index (χ3v) is 13.7. The number of anilines is 9. The van der Waals surface area contributed by atoms with Gasteiger partial charge < -0.3 is 14.7 Å². The molecule has 300 valence electrons. The van der Waals surface area contributed by atoms with E-state index >= 15 is 0 Å². The Balaban J connectivity index is 1.20. The van der Waals surface area contributed by atoms with Gasteiger partial charge in [0.2, 0.25) is 0 Å². The van der Waals surface area contributed by atoms with E-state index in [1.54, 1.807) is 0 Å². The van der Waals surface area contributed by atoms with E-state index in [-0.39, 0.29) is 6.71 Å². The highest BCUT2D eigenvalue weighted by Crippen LogP contribution is 2.50. The highest BCUT2D eigenvalue weighted by Gasteiger charge is 2.44. The number of hydrogen-bond acceptors (Lipinski definition) is 3. The monoisotopic (exact) mass is 815 g/mol. The zero-order valence-corrected chi connectivity index (χ0v) is 35.7. The van der Waals surface area contributed by atoms with E-state index < -0.39 is 0 Å². The number of fused-ring (bicyclic) bond motifs is 8. The van der Waals surface area contributed by atoms with Crippen LogP contribution < -0.4 is 31.1 Å². The zero-order chi connectivity index (χ0) is 42.5. The van der Waals surface area contributed by atoms with Gasteiger partial charge >= 0.3 is 0 Å². The second kappa shape index (κ2) is 14.2. The first-order chi connectivity index (χ1) is 31.6. The quantitative estimate of drug-likeness (QED) is 0.160. The molecule has 0 saturated carbocycles. The average molecular weight is 816 g/mol. The molecule has 0 radical (unpaired) electrons. The first-order valence-corrected chi connectivity index (χ1v) is 22.3. The van der Waals surface area contributed by atoms with Crippen molar-refractivity contribution in [3.63, 3.8) is 0 Å². The Labute approximate surface area is 373 Å². The maximum atomic E-state index is 2.56. The average Bonchev–Trinajstić information content (AvgIpc) is 3.33. The van der Waals surface area contributed by atoms with Crippen molar-refractivity contribution in [1.82, 2.24) is 0 Å². The molecule has 2 heterocycles. The maximum Gasteiger partial charge on any atom is 0.252 e. The Kier molecular flexibility index (Phi) is 8.13. The standard InChI is InChI=1S/C60H42BN3/c1-39-15-3-13-25-54(39)64(55-26-14-4-16-40(55)2)51-37-58-60-59(38-51)63(50-30-28-42-18-6-8-20-44(42)32-50)57-36-48-24-12-10-22-46(48)34-53(57)61(60)52-33-45-21-9-11-23-47(45)35-56(52)62(58)49-29-27-41-17-5-7-19-43(41)31-49/h3-38H,1-2H3. The summed E-state index contributed by atoms with van der Waals surface area (Å²) < 4.78 is 0. The minimum absolute atomic E-state index is 0.0444. The van der Waals surface area contributed by atoms with Gasteiger partial charge in [-0.2, -0.15) is 0 Å². The second-order valence-corrected chi connectivity index (χ2v) is 17.5. The number of rotatable bonds is 5. The van der Waals surface area contributed by atoms with Crippen LogP contribution in [0.5, 0.6) is 0 Å². The molecule has 0 bridgehead atoms. The summed E-state index contributed by atoms with van der Waals surface area (Å²) in [5.74, 6) is 0. The molecule has 0 atom stereocenters. The van der Waals surface area contributed by atoms with Crippen LogP contribution in [0.4, 0.5) is 51.2 Å². The van der Waals surface area contributed by atoms with Crippen molar-refractivity contribution < 1.29 is 0 Å². The summed E-state index contributed by atoms with van der Waals surface area (Å²) in [5.41, 5.74) is 16.7. The molecule has 2 aliphatic rings. The summed E-state index contributed by atoms with van der Waals surface area (Å²) in [6, 6.07) is 81.4. The largest absolute Gasteiger partial charge is 0.311 e. The van der Waals surface area contributed by atoms with Gasteiger partial charge in [-0.15, -0.1) is 0 Å². The van der Waals surface area contributed by atoms with Gasteiger partial charge in [0, 0.05) is 45.5 Å². The number of hydrogen-bond donors (Lipinski definition) is 0. The normalized spacial score (nSPS) is 12.8. The van der Waals surface area contributed by atoms with E-state index in [0.717, 1.165) is 28.4 Å². The number of nitrogens with zero attached hydrogens (tertiary/aromatic N) is 3. The van der Waals surface area contributed by atoms with Gasteiger partial charge in [0.15, 0.2) is 0 Å². The van der Waals surface area contributed by atoms with E-state index in [1.807, 2.05) is 0 Å². The van der Waals surface area contributed by atoms with Gasteiger partial charge in [-0.1, -0.05) is 158 Å². The van der Waals surface area contributed by atoms with Crippen LogP contribution >= 0.6 is 0 Å². The Morgan fingerprint density at radius 2 is 0.688 bits per heavy atom. The Morgan fingerprint density at radius 1 is 0.328 bits per heavy atom. The van der Waals surface area contributed by atoms with Gasteiger partial charge in [-0.25, -0.2) is 0 Å². The number of aryl methyl sites for hydroxylation is 2. The molecule has 64 heavy (non-hydrogen) atoms. The Hall–Kier alpha value is -8.08. The molecule has 0 amide bonds. The highest BCUT2D eigenvalue weighted by atomic mass is 15.2. The van der Waals surface area contributed by atoms with Crippen LogP contribution in [0.3, 0.4) is 0 Å². The first kappa shape index (κ1) is 36.6. The molecule has 0 fully saturated rings. The molecule has 0 N–H and O–H groups in total. The van der Waals surface area contributed by atoms with Crippen LogP contribution in [0, 0.1) is 13.8 Å². The van der Waals surface area contributed by atoms with Crippen molar-refractivity contribution in [3.8, 4) is 0 Å². The van der Waals surface area contributed by atoms with Crippen molar-refractivity contribution in [3.05, 3.63) is 230 Å². The van der Waals surface area contributed by atoms with Crippen LogP contribution in [-0.2, 0) is 0 Å². The Morgan fingerprint density at radius 3 is 1.11 bits per heavy atom. The van der Waals surface area contributed by atoms with E-state index in [0.29, 0.717) is 0 Å². The first-order valence-electron chi connectivity index (χ1n) is 22.3. The summed E-state index contributed by atoms with van der Waals surface area (Å²) >= 11 is 0. The van der Waals surface area contributed by atoms with Gasteiger partial charge in [0.1, 0.15) is 0 Å². The predicted octanol–water partition coefficient (Wildman–Crippen LogP) is 14.5. The highest BCUT2D eigenvalue weighted by molar-refractivity contribution is 7.00. The van der Waals surface area contributed by atoms with Crippen LogP contribution in [0.2, 0.25) is 0 Å². The van der Waals surface area contributed by atoms with Gasteiger partial charge in [-0.05, 0) is 145 Å². The molecule has 11 aromatic carbocycles. The fourth-order valence-electron chi connectivity index (χ4n) is 10.7. The molecule has 3 nitrogen and oxygen atoms in total. The molecule has 2 aliphatic heterocycles. The molecule has 11 aromatic rings. The molecule has 0 spiro atoms. The lowest BCUT2D eigenvalue weighted by atomic mass is 9.33. The molecule has 0 aromatic heterocycles. The molecule has 13 rings (SSSR count). The SMILES string of the molecule is Cc1ccccc1N(c1cc2c3c(c1)N(c1ccc4ccccc4c1)c1cc4ccccc4cc1B3c1cc3ccccc3cc1N2c1ccc2ccccc2c1)c1ccccc1C. The maximum absolute atomic E-state index is 2.56. The molecular formula is C60H42BN3. The molecule has 0 saturated heterocycles. The predicted molar refractivity (Wildman–Crippen MR) is 275 cm³/mol. The van der Waals surface area contributed by atoms with Gasteiger partial charge in [-0.3, -0.25) is 0 Å². The minimum atomic E-state index is -0.0444. The lowest BCUT2D eigenvalue weighted by molar-refractivity contribution is 1.20. The van der Waals surface area contributed by atoms with E-state index in [9.17, 15) is 0 Å². The van der Waals surface area contributed by atoms with Crippen molar-refractivity contribution in [2.24, 2.45) is 0 Å². The minimum Gasteiger partial charge on any atom is -0.311 e. The van der Waals surface area contributed by atoms with Crippen molar-refractivity contribution in [1.29, 1.82) is 0 Å². The van der Waals surface area contributed by atoms with E-state index in [1.165, 1.54) is 93.4 Å². The van der Waals surface area contributed by atoms with Crippen molar-refractivity contribution in [2.45, 2.75) is 13.8 Å². The van der Waals surface area contributed by atoms with Crippen molar-refractivity contribution in [2.75, 3.05) is 14.7 Å². The molecule has 0 aliphatic carbocycles. The summed E-state index contributed by atoms with van der Waals surface area (Å²) in [6.45, 7) is 4.41. The lowest BCUT2D eigenvalue weighted by Crippen LogP contribution is -2.61. The molecule has 4 heteroatoms. The topological polar surface area (TPSA) is 9.72 Å². The summed E-state index contributed by atoms with van der Waals surface area (Å²) in [6.07, 6.45) is 0. The van der Waals surface area contributed by atoms with E-state index in [2.05, 4.69) is 247 Å². The van der Waals surface area contributed by atoms with Crippen LogP contribution in [-0.4, -0.2) is 6.71 Å². The second-order valence-electron chi connectivity index (χ2n) is 17.5. The molecule has 0 unspecified atom stereocenters. The van der Waals surface area contributed by atoms with E-state index in [4.69, 9.17) is 0 Å². The summed E-state index contributed by atoms with van der Waals surface area (Å²) in [5, 5.41) is 9.81. The number of para-hydroxylation sites is 2. The van der Waals surface area contributed by atoms with Crippen LogP contribution in [0.25, 0.3) is 43.1 Å².